The second kappa shape index (κ2) is 10.1. The molecule has 9 heteroatoms. The lowest BCUT2D eigenvalue weighted by Gasteiger charge is -2.24. The first-order valence-corrected chi connectivity index (χ1v) is 11.6. The number of carbonyl (C=O) groups is 1. The summed E-state index contributed by atoms with van der Waals surface area (Å²) in [5.41, 5.74) is 0.362. The highest BCUT2D eigenvalue weighted by Crippen LogP contribution is 2.26. The number of carbonyl (C=O) groups excluding carboxylic acids is 1. The van der Waals surface area contributed by atoms with Crippen LogP contribution in [-0.2, 0) is 19.6 Å². The molecule has 7 nitrogen and oxygen atoms in total. The van der Waals surface area contributed by atoms with Gasteiger partial charge in [-0.25, -0.2) is 8.42 Å². The van der Waals surface area contributed by atoms with Crippen LogP contribution in [0.15, 0.2) is 53.4 Å². The highest BCUT2D eigenvalue weighted by Gasteiger charge is 2.28. The molecular weight excluding hydrogens is 428 g/mol. The smallest absolute Gasteiger partial charge is 0.264 e. The predicted molar refractivity (Wildman–Crippen MR) is 116 cm³/mol. The Bertz CT molecular complexity index is 942. The van der Waals surface area contributed by atoms with Crippen LogP contribution in [0.5, 0.6) is 5.75 Å². The third kappa shape index (κ3) is 5.65. The van der Waals surface area contributed by atoms with Crippen molar-refractivity contribution in [2.75, 3.05) is 30.6 Å². The van der Waals surface area contributed by atoms with Crippen molar-refractivity contribution in [3.8, 4) is 5.75 Å². The van der Waals surface area contributed by atoms with Crippen molar-refractivity contribution >= 4 is 33.2 Å². The summed E-state index contributed by atoms with van der Waals surface area (Å²) < 4.78 is 38.6. The second-order valence-electron chi connectivity index (χ2n) is 6.83. The molecule has 1 N–H and O–H groups in total. The van der Waals surface area contributed by atoms with Crippen molar-refractivity contribution in [1.82, 2.24) is 5.32 Å². The van der Waals surface area contributed by atoms with E-state index in [1.165, 1.54) is 24.3 Å². The van der Waals surface area contributed by atoms with Gasteiger partial charge in [0.15, 0.2) is 0 Å². The Balaban J connectivity index is 1.83. The van der Waals surface area contributed by atoms with Gasteiger partial charge in [-0.15, -0.1) is 0 Å². The Morgan fingerprint density at radius 3 is 2.50 bits per heavy atom. The van der Waals surface area contributed by atoms with E-state index in [-0.39, 0.29) is 17.5 Å². The first-order valence-electron chi connectivity index (χ1n) is 9.79. The van der Waals surface area contributed by atoms with Crippen molar-refractivity contribution in [3.63, 3.8) is 0 Å². The molecule has 0 spiro atoms. The summed E-state index contributed by atoms with van der Waals surface area (Å²) in [6, 6.07) is 12.4. The van der Waals surface area contributed by atoms with Crippen molar-refractivity contribution in [2.24, 2.45) is 0 Å². The molecule has 2 aromatic rings. The van der Waals surface area contributed by atoms with E-state index >= 15 is 0 Å². The van der Waals surface area contributed by atoms with Gasteiger partial charge in [-0.05, 0) is 68.3 Å². The van der Waals surface area contributed by atoms with Gasteiger partial charge in [0.05, 0.1) is 23.3 Å². The summed E-state index contributed by atoms with van der Waals surface area (Å²) in [4.78, 5) is 12.6. The standard InChI is InChI=1S/C21H25ClN2O5S/c1-2-28-18-9-7-17(8-10-18)24(15-21(25)23-14-19-4-3-13-29-19)30(26,27)20-11-5-16(22)6-12-20/h5-12,19H,2-4,13-15H2,1H3,(H,23,25)/t19-/m0/s1. The Hall–Kier alpha value is -2.29. The molecule has 1 fully saturated rings. The number of ether oxygens (including phenoxy) is 2. The molecule has 0 aliphatic carbocycles. The highest BCUT2D eigenvalue weighted by atomic mass is 35.5. The van der Waals surface area contributed by atoms with E-state index in [2.05, 4.69) is 5.32 Å². The van der Waals surface area contributed by atoms with Gasteiger partial charge in [0.25, 0.3) is 10.0 Å². The Kier molecular flexibility index (Phi) is 7.58. The van der Waals surface area contributed by atoms with Crippen LogP contribution >= 0.6 is 11.6 Å². The third-order valence-electron chi connectivity index (χ3n) is 4.68. The molecule has 0 unspecified atom stereocenters. The lowest BCUT2D eigenvalue weighted by Crippen LogP contribution is -2.42. The summed E-state index contributed by atoms with van der Waals surface area (Å²) in [6.45, 7) is 3.05. The van der Waals surface area contributed by atoms with E-state index in [9.17, 15) is 13.2 Å². The van der Waals surface area contributed by atoms with Crippen LogP contribution in [0.3, 0.4) is 0 Å². The molecule has 0 aromatic heterocycles. The number of nitrogens with one attached hydrogen (secondary N) is 1. The first kappa shape index (κ1) is 22.4. The van der Waals surface area contributed by atoms with E-state index in [4.69, 9.17) is 21.1 Å². The summed E-state index contributed by atoms with van der Waals surface area (Å²) in [7, 11) is -3.99. The van der Waals surface area contributed by atoms with E-state index in [1.54, 1.807) is 24.3 Å². The van der Waals surface area contributed by atoms with Gasteiger partial charge in [0.2, 0.25) is 5.91 Å². The molecule has 0 bridgehead atoms. The average molecular weight is 453 g/mol. The van der Waals surface area contributed by atoms with Crippen LogP contribution < -0.4 is 14.4 Å². The molecule has 162 valence electrons. The lowest BCUT2D eigenvalue weighted by atomic mass is 10.2. The minimum absolute atomic E-state index is 0.0271. The van der Waals surface area contributed by atoms with E-state index in [0.29, 0.717) is 36.2 Å². The fourth-order valence-electron chi connectivity index (χ4n) is 3.14. The zero-order valence-electron chi connectivity index (χ0n) is 16.7. The average Bonchev–Trinajstić information content (AvgIpc) is 3.25. The first-order chi connectivity index (χ1) is 14.4. The van der Waals surface area contributed by atoms with Gasteiger partial charge in [0.1, 0.15) is 12.3 Å². The fourth-order valence-corrected chi connectivity index (χ4v) is 4.69. The van der Waals surface area contributed by atoms with Crippen LogP contribution in [0.2, 0.25) is 5.02 Å². The zero-order valence-corrected chi connectivity index (χ0v) is 18.3. The number of amides is 1. The number of halogens is 1. The zero-order chi connectivity index (χ0) is 21.6. The fraction of sp³-hybridized carbons (Fsp3) is 0.381. The number of hydrogen-bond donors (Lipinski definition) is 1. The van der Waals surface area contributed by atoms with Crippen LogP contribution in [0.4, 0.5) is 5.69 Å². The molecule has 1 atom stereocenters. The summed E-state index contributed by atoms with van der Waals surface area (Å²) in [6.07, 6.45) is 1.82. The lowest BCUT2D eigenvalue weighted by molar-refractivity contribution is -0.120. The molecule has 1 aliphatic heterocycles. The van der Waals surface area contributed by atoms with Crippen molar-refractivity contribution in [1.29, 1.82) is 0 Å². The molecule has 3 rings (SSSR count). The van der Waals surface area contributed by atoms with Crippen molar-refractivity contribution in [2.45, 2.75) is 30.8 Å². The molecule has 1 heterocycles. The molecule has 2 aromatic carbocycles. The van der Waals surface area contributed by atoms with E-state index in [1.807, 2.05) is 6.92 Å². The Labute approximate surface area is 182 Å². The van der Waals surface area contributed by atoms with Gasteiger partial charge < -0.3 is 14.8 Å². The topological polar surface area (TPSA) is 84.9 Å². The number of nitrogens with zero attached hydrogens (tertiary/aromatic N) is 1. The highest BCUT2D eigenvalue weighted by molar-refractivity contribution is 7.92. The third-order valence-corrected chi connectivity index (χ3v) is 6.72. The summed E-state index contributed by atoms with van der Waals surface area (Å²) in [5.74, 6) is 0.213. The maximum Gasteiger partial charge on any atom is 0.264 e. The molecular formula is C21H25ClN2O5S. The monoisotopic (exact) mass is 452 g/mol. The Morgan fingerprint density at radius 2 is 1.90 bits per heavy atom. The largest absolute Gasteiger partial charge is 0.494 e. The number of benzene rings is 2. The minimum atomic E-state index is -3.99. The predicted octanol–water partition coefficient (Wildman–Crippen LogP) is 3.23. The van der Waals surface area contributed by atoms with Gasteiger partial charge >= 0.3 is 0 Å². The summed E-state index contributed by atoms with van der Waals surface area (Å²) in [5, 5.41) is 3.20. The molecule has 1 amide bonds. The van der Waals surface area contributed by atoms with E-state index in [0.717, 1.165) is 17.1 Å². The quantitative estimate of drug-likeness (QED) is 0.631. The number of hydrogen-bond acceptors (Lipinski definition) is 5. The van der Waals surface area contributed by atoms with Gasteiger partial charge in [-0.1, -0.05) is 11.6 Å². The van der Waals surface area contributed by atoms with Gasteiger partial charge in [0, 0.05) is 18.2 Å². The van der Waals surface area contributed by atoms with Crippen LogP contribution in [0.25, 0.3) is 0 Å². The van der Waals surface area contributed by atoms with Crippen LogP contribution in [-0.4, -0.2) is 46.7 Å². The number of sulfonamides is 1. The van der Waals surface area contributed by atoms with E-state index < -0.39 is 15.9 Å². The Morgan fingerprint density at radius 1 is 1.20 bits per heavy atom. The molecule has 1 aliphatic rings. The normalized spacial score (nSPS) is 16.3. The molecule has 1 saturated heterocycles. The van der Waals surface area contributed by atoms with Gasteiger partial charge in [-0.3, -0.25) is 9.10 Å². The molecule has 30 heavy (non-hydrogen) atoms. The van der Waals surface area contributed by atoms with Gasteiger partial charge in [-0.2, -0.15) is 0 Å². The SMILES string of the molecule is CCOc1ccc(N(CC(=O)NC[C@@H]2CCCO2)S(=O)(=O)c2ccc(Cl)cc2)cc1. The molecule has 0 saturated carbocycles. The second-order valence-corrected chi connectivity index (χ2v) is 9.13. The van der Waals surface area contributed by atoms with Crippen LogP contribution in [0, 0.1) is 0 Å². The maximum absolute atomic E-state index is 13.3. The maximum atomic E-state index is 13.3. The number of rotatable bonds is 9. The van der Waals surface area contributed by atoms with Crippen LogP contribution in [0.1, 0.15) is 19.8 Å². The van der Waals surface area contributed by atoms with Crippen molar-refractivity contribution < 1.29 is 22.7 Å². The molecule has 0 radical (unpaired) electrons. The summed E-state index contributed by atoms with van der Waals surface area (Å²) >= 11 is 5.89. The minimum Gasteiger partial charge on any atom is -0.494 e. The number of anilines is 1. The van der Waals surface area contributed by atoms with Crippen molar-refractivity contribution in [3.05, 3.63) is 53.6 Å².